The second-order valence-corrected chi connectivity index (χ2v) is 2.99. The van der Waals surface area contributed by atoms with Crippen molar-refractivity contribution in [3.05, 3.63) is 35.1 Å². The molecule has 0 saturated heterocycles. The second kappa shape index (κ2) is 5.16. The summed E-state index contributed by atoms with van der Waals surface area (Å²) in [6.45, 7) is 3.75. The van der Waals surface area contributed by atoms with E-state index in [2.05, 4.69) is 16.6 Å². The van der Waals surface area contributed by atoms with Gasteiger partial charge in [-0.15, -0.1) is 0 Å². The zero-order valence-corrected chi connectivity index (χ0v) is 8.63. The van der Waals surface area contributed by atoms with Gasteiger partial charge in [-0.2, -0.15) is 0 Å². The summed E-state index contributed by atoms with van der Waals surface area (Å²) in [6, 6.07) is 4.38. The predicted molar refractivity (Wildman–Crippen MR) is 54.6 cm³/mol. The number of carbonyl (C=O) groups is 1. The van der Waals surface area contributed by atoms with Crippen LogP contribution in [0.25, 0.3) is 0 Å². The molecule has 0 aliphatic rings. The Hall–Kier alpha value is -1.82. The first kappa shape index (κ1) is 11.3. The number of ether oxygens (including phenoxy) is 1. The van der Waals surface area contributed by atoms with Gasteiger partial charge in [-0.05, 0) is 37.6 Å². The van der Waals surface area contributed by atoms with Gasteiger partial charge in [0.1, 0.15) is 5.82 Å². The number of hydrogen-bond acceptors (Lipinski definition) is 2. The number of halogens is 1. The maximum Gasteiger partial charge on any atom is 0.384 e. The minimum absolute atomic E-state index is 0.287. The molecule has 0 radical (unpaired) electrons. The van der Waals surface area contributed by atoms with Crippen LogP contribution in [0, 0.1) is 24.6 Å². The van der Waals surface area contributed by atoms with Gasteiger partial charge in [0.05, 0.1) is 6.61 Å². The van der Waals surface area contributed by atoms with E-state index in [1.54, 1.807) is 19.9 Å². The topological polar surface area (TPSA) is 26.3 Å². The van der Waals surface area contributed by atoms with E-state index in [9.17, 15) is 9.18 Å². The lowest BCUT2D eigenvalue weighted by Crippen LogP contribution is -1.99. The summed E-state index contributed by atoms with van der Waals surface area (Å²) in [7, 11) is 0. The first-order chi connectivity index (χ1) is 7.11. The second-order valence-electron chi connectivity index (χ2n) is 2.99. The molecular weight excluding hydrogens is 195 g/mol. The first-order valence-electron chi connectivity index (χ1n) is 4.58. The fourth-order valence-corrected chi connectivity index (χ4v) is 1.10. The maximum atomic E-state index is 12.9. The Morgan fingerprint density at radius 2 is 2.20 bits per heavy atom. The SMILES string of the molecule is CCOC(=O)C#Cc1cc(C)cc(F)c1. The first-order valence-corrected chi connectivity index (χ1v) is 4.58. The standard InChI is InChI=1S/C12H11FO2/c1-3-15-12(14)5-4-10-6-9(2)7-11(13)8-10/h6-8H,3H2,1-2H3. The van der Waals surface area contributed by atoms with E-state index >= 15 is 0 Å². The number of esters is 1. The van der Waals surface area contributed by atoms with Crippen molar-refractivity contribution in [3.63, 3.8) is 0 Å². The summed E-state index contributed by atoms with van der Waals surface area (Å²) < 4.78 is 17.5. The Morgan fingerprint density at radius 1 is 1.47 bits per heavy atom. The highest BCUT2D eigenvalue weighted by Gasteiger charge is 1.96. The lowest BCUT2D eigenvalue weighted by atomic mass is 10.1. The average Bonchev–Trinajstić information content (AvgIpc) is 2.14. The molecule has 2 nitrogen and oxygen atoms in total. The lowest BCUT2D eigenvalue weighted by molar-refractivity contribution is -0.136. The van der Waals surface area contributed by atoms with Gasteiger partial charge in [0.15, 0.2) is 0 Å². The Morgan fingerprint density at radius 3 is 2.80 bits per heavy atom. The molecule has 0 heterocycles. The molecular formula is C12H11FO2. The van der Waals surface area contributed by atoms with Crippen LogP contribution in [0.1, 0.15) is 18.1 Å². The number of aryl methyl sites for hydroxylation is 1. The molecule has 0 amide bonds. The zero-order chi connectivity index (χ0) is 11.3. The molecule has 0 unspecified atom stereocenters. The third-order valence-corrected chi connectivity index (χ3v) is 1.63. The molecule has 0 aliphatic heterocycles. The molecule has 15 heavy (non-hydrogen) atoms. The highest BCUT2D eigenvalue weighted by molar-refractivity contribution is 5.89. The quantitative estimate of drug-likeness (QED) is 0.519. The average molecular weight is 206 g/mol. The minimum atomic E-state index is -0.598. The van der Waals surface area contributed by atoms with Crippen LogP contribution in [-0.2, 0) is 9.53 Å². The van der Waals surface area contributed by atoms with E-state index < -0.39 is 5.97 Å². The molecule has 0 aromatic heterocycles. The summed E-state index contributed by atoms with van der Waals surface area (Å²) in [6.07, 6.45) is 0. The van der Waals surface area contributed by atoms with Gasteiger partial charge in [-0.25, -0.2) is 9.18 Å². The smallest absolute Gasteiger partial charge is 0.384 e. The summed E-state index contributed by atoms with van der Waals surface area (Å²) in [4.78, 5) is 10.9. The molecule has 78 valence electrons. The van der Waals surface area contributed by atoms with Gasteiger partial charge >= 0.3 is 5.97 Å². The third kappa shape index (κ3) is 3.82. The van der Waals surface area contributed by atoms with Crippen LogP contribution < -0.4 is 0 Å². The molecule has 0 atom stereocenters. The van der Waals surface area contributed by atoms with Gasteiger partial charge in [-0.1, -0.05) is 5.92 Å². The Kier molecular flexibility index (Phi) is 3.87. The number of benzene rings is 1. The van der Waals surface area contributed by atoms with E-state index in [0.717, 1.165) is 5.56 Å². The van der Waals surface area contributed by atoms with Crippen LogP contribution in [0.5, 0.6) is 0 Å². The van der Waals surface area contributed by atoms with Crippen LogP contribution in [-0.4, -0.2) is 12.6 Å². The van der Waals surface area contributed by atoms with Crippen molar-refractivity contribution < 1.29 is 13.9 Å². The molecule has 0 bridgehead atoms. The van der Waals surface area contributed by atoms with Gasteiger partial charge in [-0.3, -0.25) is 0 Å². The fourth-order valence-electron chi connectivity index (χ4n) is 1.10. The Balaban J connectivity index is 2.84. The normalized spacial score (nSPS) is 9.00. The maximum absolute atomic E-state index is 12.9. The van der Waals surface area contributed by atoms with Crippen molar-refractivity contribution in [2.45, 2.75) is 13.8 Å². The monoisotopic (exact) mass is 206 g/mol. The largest absolute Gasteiger partial charge is 0.456 e. The molecule has 0 N–H and O–H groups in total. The highest BCUT2D eigenvalue weighted by atomic mass is 19.1. The molecule has 0 saturated carbocycles. The highest BCUT2D eigenvalue weighted by Crippen LogP contribution is 2.06. The van der Waals surface area contributed by atoms with Crippen molar-refractivity contribution in [2.24, 2.45) is 0 Å². The van der Waals surface area contributed by atoms with Gasteiger partial charge < -0.3 is 4.74 Å². The molecule has 3 heteroatoms. The molecule has 1 aromatic carbocycles. The van der Waals surface area contributed by atoms with Crippen molar-refractivity contribution >= 4 is 5.97 Å². The summed E-state index contributed by atoms with van der Waals surface area (Å²) in [5, 5.41) is 0. The van der Waals surface area contributed by atoms with E-state index in [1.165, 1.54) is 12.1 Å². The van der Waals surface area contributed by atoms with Gasteiger partial charge in [0.25, 0.3) is 0 Å². The zero-order valence-electron chi connectivity index (χ0n) is 8.63. The summed E-state index contributed by atoms with van der Waals surface area (Å²) >= 11 is 0. The van der Waals surface area contributed by atoms with Crippen molar-refractivity contribution in [1.82, 2.24) is 0 Å². The van der Waals surface area contributed by atoms with Gasteiger partial charge in [0.2, 0.25) is 0 Å². The fraction of sp³-hybridized carbons (Fsp3) is 0.250. The van der Waals surface area contributed by atoms with E-state index in [4.69, 9.17) is 0 Å². The van der Waals surface area contributed by atoms with Crippen LogP contribution in [0.15, 0.2) is 18.2 Å². The lowest BCUT2D eigenvalue weighted by Gasteiger charge is -1.95. The molecule has 0 spiro atoms. The number of rotatable bonds is 1. The molecule has 1 rings (SSSR count). The Labute approximate surface area is 88.1 Å². The summed E-state index contributed by atoms with van der Waals surface area (Å²) in [5.74, 6) is 3.87. The van der Waals surface area contributed by atoms with Crippen molar-refractivity contribution in [1.29, 1.82) is 0 Å². The van der Waals surface area contributed by atoms with Crippen LogP contribution in [0.3, 0.4) is 0 Å². The minimum Gasteiger partial charge on any atom is -0.456 e. The Bertz CT molecular complexity index is 407. The van der Waals surface area contributed by atoms with E-state index in [-0.39, 0.29) is 12.4 Å². The van der Waals surface area contributed by atoms with Crippen molar-refractivity contribution in [3.8, 4) is 11.8 Å². The predicted octanol–water partition coefficient (Wildman–Crippen LogP) is 2.05. The van der Waals surface area contributed by atoms with Crippen LogP contribution in [0.2, 0.25) is 0 Å². The third-order valence-electron chi connectivity index (χ3n) is 1.63. The molecule has 0 aliphatic carbocycles. The molecule has 0 fully saturated rings. The molecule has 1 aromatic rings. The number of carbonyl (C=O) groups excluding carboxylic acids is 1. The van der Waals surface area contributed by atoms with Gasteiger partial charge in [0, 0.05) is 11.5 Å². The van der Waals surface area contributed by atoms with E-state index in [0.29, 0.717) is 5.56 Å². The van der Waals surface area contributed by atoms with Crippen LogP contribution >= 0.6 is 0 Å². The van der Waals surface area contributed by atoms with Crippen LogP contribution in [0.4, 0.5) is 4.39 Å². The summed E-state index contributed by atoms with van der Waals surface area (Å²) in [5.41, 5.74) is 1.24. The number of hydrogen-bond donors (Lipinski definition) is 0. The van der Waals surface area contributed by atoms with E-state index in [1.807, 2.05) is 0 Å². The van der Waals surface area contributed by atoms with Crippen molar-refractivity contribution in [2.75, 3.05) is 6.61 Å².